The third kappa shape index (κ3) is 3.97. The summed E-state index contributed by atoms with van der Waals surface area (Å²) in [5.41, 5.74) is 3.29. The first-order valence-electron chi connectivity index (χ1n) is 8.13. The van der Waals surface area contributed by atoms with Crippen molar-refractivity contribution in [3.63, 3.8) is 0 Å². The molecule has 0 aliphatic carbocycles. The Kier molecular flexibility index (Phi) is 6.19. The molecule has 0 fully saturated rings. The summed E-state index contributed by atoms with van der Waals surface area (Å²) in [5.74, 6) is 0.723. The summed E-state index contributed by atoms with van der Waals surface area (Å²) in [5, 5.41) is 8.42. The normalized spacial score (nSPS) is 11.7. The van der Waals surface area contributed by atoms with Crippen LogP contribution in [-0.4, -0.2) is 21.6 Å². The molecular formula is C18H25N3O. The van der Waals surface area contributed by atoms with E-state index in [1.165, 1.54) is 5.57 Å². The lowest BCUT2D eigenvalue weighted by molar-refractivity contribution is 0.273. The standard InChI is InChI=1S/C18H25N3O/c1-4-9-15(10-5-2)13-14-18(22-6-3)21-17-12-8-7-11-16(17)19-20-21/h7-8,11-14H,4-6,9-10H2,1-3H3/b18-14-. The number of aromatic nitrogens is 3. The van der Waals surface area contributed by atoms with Crippen molar-refractivity contribution in [3.8, 4) is 0 Å². The lowest BCUT2D eigenvalue weighted by atomic mass is 10.1. The van der Waals surface area contributed by atoms with Crippen LogP contribution in [0.3, 0.4) is 0 Å². The Morgan fingerprint density at radius 2 is 1.82 bits per heavy atom. The van der Waals surface area contributed by atoms with E-state index in [4.69, 9.17) is 4.74 Å². The molecule has 0 unspecified atom stereocenters. The van der Waals surface area contributed by atoms with Gasteiger partial charge in [-0.1, -0.05) is 55.7 Å². The van der Waals surface area contributed by atoms with Crippen molar-refractivity contribution in [2.24, 2.45) is 0 Å². The first-order chi connectivity index (χ1) is 10.8. The molecule has 0 bridgehead atoms. The Bertz CT molecular complexity index is 647. The van der Waals surface area contributed by atoms with Gasteiger partial charge in [0.25, 0.3) is 0 Å². The van der Waals surface area contributed by atoms with E-state index in [1.54, 1.807) is 4.68 Å². The minimum atomic E-state index is 0.602. The van der Waals surface area contributed by atoms with Crippen molar-refractivity contribution in [2.45, 2.75) is 46.5 Å². The van der Waals surface area contributed by atoms with E-state index < -0.39 is 0 Å². The summed E-state index contributed by atoms with van der Waals surface area (Å²) in [7, 11) is 0. The van der Waals surface area contributed by atoms with Gasteiger partial charge in [-0.2, -0.15) is 4.68 Å². The molecule has 22 heavy (non-hydrogen) atoms. The van der Waals surface area contributed by atoms with Crippen molar-refractivity contribution < 1.29 is 4.74 Å². The van der Waals surface area contributed by atoms with E-state index in [0.29, 0.717) is 6.61 Å². The van der Waals surface area contributed by atoms with E-state index in [-0.39, 0.29) is 0 Å². The van der Waals surface area contributed by atoms with Crippen molar-refractivity contribution in [3.05, 3.63) is 42.0 Å². The van der Waals surface area contributed by atoms with Gasteiger partial charge in [0, 0.05) is 6.08 Å². The molecule has 1 aromatic carbocycles. The number of hydrogen-bond acceptors (Lipinski definition) is 3. The first-order valence-corrected chi connectivity index (χ1v) is 8.13. The number of rotatable bonds is 8. The Balaban J connectivity index is 2.36. The van der Waals surface area contributed by atoms with E-state index in [2.05, 4.69) is 30.2 Å². The molecule has 1 aromatic heterocycles. The molecule has 0 radical (unpaired) electrons. The highest BCUT2D eigenvalue weighted by molar-refractivity contribution is 5.77. The topological polar surface area (TPSA) is 39.9 Å². The van der Waals surface area contributed by atoms with E-state index in [0.717, 1.165) is 42.6 Å². The average molecular weight is 299 g/mol. The van der Waals surface area contributed by atoms with Crippen LogP contribution in [0, 0.1) is 0 Å². The van der Waals surface area contributed by atoms with Gasteiger partial charge in [0.1, 0.15) is 5.52 Å². The smallest absolute Gasteiger partial charge is 0.216 e. The third-order valence-corrected chi connectivity index (χ3v) is 3.46. The number of hydrogen-bond donors (Lipinski definition) is 0. The molecule has 0 N–H and O–H groups in total. The maximum atomic E-state index is 5.78. The number of ether oxygens (including phenoxy) is 1. The SMILES string of the molecule is CCCC(=C/C=C(\OCC)n1nnc2ccccc21)CCC. The van der Waals surface area contributed by atoms with Crippen LogP contribution in [0.15, 0.2) is 42.0 Å². The molecule has 2 aromatic rings. The second-order valence-electron chi connectivity index (χ2n) is 5.25. The van der Waals surface area contributed by atoms with Crippen LogP contribution in [0.4, 0.5) is 0 Å². The molecule has 4 heteroatoms. The molecule has 0 atom stereocenters. The predicted octanol–water partition coefficient (Wildman–Crippen LogP) is 4.79. The summed E-state index contributed by atoms with van der Waals surface area (Å²) in [4.78, 5) is 0. The first kappa shape index (κ1) is 16.3. The van der Waals surface area contributed by atoms with Gasteiger partial charge in [0.05, 0.1) is 12.1 Å². The Labute approximate surface area is 132 Å². The number of allylic oxidation sites excluding steroid dienone is 3. The van der Waals surface area contributed by atoms with Crippen LogP contribution in [-0.2, 0) is 4.74 Å². The highest BCUT2D eigenvalue weighted by atomic mass is 16.5. The van der Waals surface area contributed by atoms with Crippen LogP contribution in [0.2, 0.25) is 0 Å². The lowest BCUT2D eigenvalue weighted by Gasteiger charge is -2.09. The fourth-order valence-corrected chi connectivity index (χ4v) is 2.48. The second kappa shape index (κ2) is 8.37. The van der Waals surface area contributed by atoms with Crippen LogP contribution in [0.25, 0.3) is 16.9 Å². The summed E-state index contributed by atoms with van der Waals surface area (Å²) in [6.45, 7) is 7.00. The fourth-order valence-electron chi connectivity index (χ4n) is 2.48. The van der Waals surface area contributed by atoms with Gasteiger partial charge in [0.15, 0.2) is 0 Å². The highest BCUT2D eigenvalue weighted by Gasteiger charge is 2.08. The van der Waals surface area contributed by atoms with Gasteiger partial charge in [-0.3, -0.25) is 0 Å². The van der Waals surface area contributed by atoms with Crippen LogP contribution in [0.1, 0.15) is 46.5 Å². The molecule has 0 saturated carbocycles. The van der Waals surface area contributed by atoms with Gasteiger partial charge < -0.3 is 4.74 Å². The average Bonchev–Trinajstić information content (AvgIpc) is 2.95. The summed E-state index contributed by atoms with van der Waals surface area (Å²) < 4.78 is 7.55. The molecule has 4 nitrogen and oxygen atoms in total. The molecule has 0 spiro atoms. The minimum absolute atomic E-state index is 0.602. The Hall–Kier alpha value is -2.10. The molecule has 0 saturated heterocycles. The molecular weight excluding hydrogens is 274 g/mol. The van der Waals surface area contributed by atoms with Gasteiger partial charge in [0.2, 0.25) is 5.88 Å². The summed E-state index contributed by atoms with van der Waals surface area (Å²) >= 11 is 0. The molecule has 0 aliphatic rings. The lowest BCUT2D eigenvalue weighted by Crippen LogP contribution is -2.03. The van der Waals surface area contributed by atoms with Gasteiger partial charge in [-0.05, 0) is 31.9 Å². The van der Waals surface area contributed by atoms with Crippen LogP contribution >= 0.6 is 0 Å². The summed E-state index contributed by atoms with van der Waals surface area (Å²) in [6.07, 6.45) is 8.77. The predicted molar refractivity (Wildman–Crippen MR) is 91.3 cm³/mol. The van der Waals surface area contributed by atoms with Crippen molar-refractivity contribution >= 4 is 16.9 Å². The van der Waals surface area contributed by atoms with E-state index in [1.807, 2.05) is 37.3 Å². The maximum Gasteiger partial charge on any atom is 0.216 e. The van der Waals surface area contributed by atoms with Gasteiger partial charge in [-0.15, -0.1) is 5.10 Å². The monoisotopic (exact) mass is 299 g/mol. The zero-order valence-electron chi connectivity index (χ0n) is 13.7. The van der Waals surface area contributed by atoms with Crippen LogP contribution < -0.4 is 0 Å². The van der Waals surface area contributed by atoms with Crippen molar-refractivity contribution in [1.82, 2.24) is 15.0 Å². The van der Waals surface area contributed by atoms with Crippen molar-refractivity contribution in [1.29, 1.82) is 0 Å². The van der Waals surface area contributed by atoms with Crippen molar-refractivity contribution in [2.75, 3.05) is 6.61 Å². The Morgan fingerprint density at radius 1 is 1.09 bits per heavy atom. The molecule has 118 valence electrons. The quantitative estimate of drug-likeness (QED) is 0.519. The number of benzene rings is 1. The van der Waals surface area contributed by atoms with E-state index in [9.17, 15) is 0 Å². The maximum absolute atomic E-state index is 5.78. The zero-order valence-corrected chi connectivity index (χ0v) is 13.7. The molecule has 0 amide bonds. The molecule has 1 heterocycles. The number of para-hydroxylation sites is 1. The number of nitrogens with zero attached hydrogens (tertiary/aromatic N) is 3. The zero-order chi connectivity index (χ0) is 15.8. The van der Waals surface area contributed by atoms with Gasteiger partial charge >= 0.3 is 0 Å². The minimum Gasteiger partial charge on any atom is -0.478 e. The Morgan fingerprint density at radius 3 is 2.50 bits per heavy atom. The molecule has 0 aliphatic heterocycles. The largest absolute Gasteiger partial charge is 0.478 e. The van der Waals surface area contributed by atoms with Gasteiger partial charge in [-0.25, -0.2) is 0 Å². The van der Waals surface area contributed by atoms with Crippen LogP contribution in [0.5, 0.6) is 0 Å². The molecule has 2 rings (SSSR count). The fraction of sp³-hybridized carbons (Fsp3) is 0.444. The second-order valence-corrected chi connectivity index (χ2v) is 5.25. The summed E-state index contributed by atoms with van der Waals surface area (Å²) in [6, 6.07) is 7.91. The van der Waals surface area contributed by atoms with E-state index >= 15 is 0 Å². The highest BCUT2D eigenvalue weighted by Crippen LogP contribution is 2.18. The third-order valence-electron chi connectivity index (χ3n) is 3.46. The number of fused-ring (bicyclic) bond motifs is 1.